The van der Waals surface area contributed by atoms with Crippen LogP contribution in [0, 0.1) is 5.92 Å². The molecule has 1 saturated heterocycles. The van der Waals surface area contributed by atoms with Gasteiger partial charge in [0.25, 0.3) is 0 Å². The van der Waals surface area contributed by atoms with Crippen molar-refractivity contribution >= 4 is 5.91 Å². The maximum Gasteiger partial charge on any atom is 0.223 e. The van der Waals surface area contributed by atoms with E-state index >= 15 is 0 Å². The van der Waals surface area contributed by atoms with Crippen LogP contribution in [0.2, 0.25) is 0 Å². The fourth-order valence-electron chi connectivity index (χ4n) is 3.82. The Bertz CT molecular complexity index is 500. The Morgan fingerprint density at radius 3 is 2.58 bits per heavy atom. The molecule has 4 heteroatoms. The highest BCUT2D eigenvalue weighted by molar-refractivity contribution is 5.76. The smallest absolute Gasteiger partial charge is 0.223 e. The van der Waals surface area contributed by atoms with Crippen molar-refractivity contribution < 1.29 is 9.53 Å². The molecule has 1 aromatic rings. The van der Waals surface area contributed by atoms with Gasteiger partial charge >= 0.3 is 0 Å². The van der Waals surface area contributed by atoms with Gasteiger partial charge in [-0.3, -0.25) is 9.69 Å². The highest BCUT2D eigenvalue weighted by atomic mass is 16.5. The standard InChI is InChI=1S/C20H30N2O2/c23-20-11-12-21(15-16-24-19-9-5-2-6-10-19)13-14-22(20)17-18-7-3-1-4-8-18/h2,5-6,9-10,18H,1,3-4,7-8,11-17H2. The number of hydrogen-bond acceptors (Lipinski definition) is 3. The number of para-hydroxylation sites is 1. The lowest BCUT2D eigenvalue weighted by atomic mass is 9.89. The van der Waals surface area contributed by atoms with Crippen LogP contribution in [-0.2, 0) is 4.79 Å². The van der Waals surface area contributed by atoms with E-state index in [4.69, 9.17) is 4.74 Å². The number of benzene rings is 1. The third-order valence-electron chi connectivity index (χ3n) is 5.30. The van der Waals surface area contributed by atoms with E-state index in [0.717, 1.165) is 44.4 Å². The quantitative estimate of drug-likeness (QED) is 0.803. The minimum atomic E-state index is 0.340. The second-order valence-corrected chi connectivity index (χ2v) is 7.10. The number of rotatable bonds is 6. The predicted molar refractivity (Wildman–Crippen MR) is 96.1 cm³/mol. The van der Waals surface area contributed by atoms with Gasteiger partial charge in [-0.05, 0) is 30.9 Å². The van der Waals surface area contributed by atoms with E-state index in [1.54, 1.807) is 0 Å². The van der Waals surface area contributed by atoms with Gasteiger partial charge in [0, 0.05) is 39.1 Å². The average molecular weight is 330 g/mol. The first-order valence-electron chi connectivity index (χ1n) is 9.49. The highest BCUT2D eigenvalue weighted by Gasteiger charge is 2.24. The summed E-state index contributed by atoms with van der Waals surface area (Å²) in [5, 5.41) is 0. The summed E-state index contributed by atoms with van der Waals surface area (Å²) in [6, 6.07) is 9.94. The van der Waals surface area contributed by atoms with Gasteiger partial charge in [0.05, 0.1) is 0 Å². The van der Waals surface area contributed by atoms with Crippen molar-refractivity contribution in [2.45, 2.75) is 38.5 Å². The van der Waals surface area contributed by atoms with Crippen molar-refractivity contribution in [1.29, 1.82) is 0 Å². The molecule has 2 aliphatic rings. The summed E-state index contributed by atoms with van der Waals surface area (Å²) in [5.74, 6) is 1.99. The fourth-order valence-corrected chi connectivity index (χ4v) is 3.82. The molecule has 3 rings (SSSR count). The summed E-state index contributed by atoms with van der Waals surface area (Å²) in [6.45, 7) is 5.25. The van der Waals surface area contributed by atoms with E-state index in [9.17, 15) is 4.79 Å². The third-order valence-corrected chi connectivity index (χ3v) is 5.30. The molecule has 1 aliphatic carbocycles. The number of carbonyl (C=O) groups excluding carboxylic acids is 1. The molecular formula is C20H30N2O2. The highest BCUT2D eigenvalue weighted by Crippen LogP contribution is 2.25. The van der Waals surface area contributed by atoms with Crippen molar-refractivity contribution in [2.75, 3.05) is 39.3 Å². The largest absolute Gasteiger partial charge is 0.492 e. The van der Waals surface area contributed by atoms with Gasteiger partial charge in [-0.15, -0.1) is 0 Å². The molecule has 1 heterocycles. The van der Waals surface area contributed by atoms with Crippen LogP contribution < -0.4 is 4.74 Å². The van der Waals surface area contributed by atoms with Crippen molar-refractivity contribution in [2.24, 2.45) is 5.92 Å². The first kappa shape index (κ1) is 17.3. The Hall–Kier alpha value is -1.55. The summed E-state index contributed by atoms with van der Waals surface area (Å²) in [4.78, 5) is 16.9. The number of nitrogens with zero attached hydrogens (tertiary/aromatic N) is 2. The zero-order chi connectivity index (χ0) is 16.6. The maximum atomic E-state index is 12.4. The average Bonchev–Trinajstić information content (AvgIpc) is 2.80. The summed E-state index contributed by atoms with van der Waals surface area (Å²) >= 11 is 0. The number of hydrogen-bond donors (Lipinski definition) is 0. The number of ether oxygens (including phenoxy) is 1. The summed E-state index contributed by atoms with van der Waals surface area (Å²) < 4.78 is 5.78. The Labute approximate surface area is 145 Å². The molecule has 132 valence electrons. The zero-order valence-corrected chi connectivity index (χ0v) is 14.7. The van der Waals surface area contributed by atoms with Gasteiger partial charge < -0.3 is 9.64 Å². The molecule has 0 spiro atoms. The Kier molecular flexibility index (Phi) is 6.53. The maximum absolute atomic E-state index is 12.4. The van der Waals surface area contributed by atoms with Gasteiger partial charge in [0.1, 0.15) is 12.4 Å². The van der Waals surface area contributed by atoms with Crippen LogP contribution in [0.4, 0.5) is 0 Å². The molecule has 0 bridgehead atoms. The molecule has 1 amide bonds. The first-order chi connectivity index (χ1) is 11.8. The van der Waals surface area contributed by atoms with E-state index in [1.807, 2.05) is 30.3 Å². The van der Waals surface area contributed by atoms with Crippen molar-refractivity contribution in [1.82, 2.24) is 9.80 Å². The Morgan fingerprint density at radius 2 is 1.79 bits per heavy atom. The minimum absolute atomic E-state index is 0.340. The number of amides is 1. The molecule has 1 aliphatic heterocycles. The summed E-state index contributed by atoms with van der Waals surface area (Å²) in [6.07, 6.45) is 7.32. The molecule has 0 aromatic heterocycles. The van der Waals surface area contributed by atoms with E-state index in [-0.39, 0.29) is 0 Å². The lowest BCUT2D eigenvalue weighted by Gasteiger charge is -2.29. The van der Waals surface area contributed by atoms with Gasteiger partial charge in [0.2, 0.25) is 5.91 Å². The van der Waals surface area contributed by atoms with Crippen LogP contribution in [0.1, 0.15) is 38.5 Å². The second-order valence-electron chi connectivity index (χ2n) is 7.10. The second kappa shape index (κ2) is 9.07. The van der Waals surface area contributed by atoms with Gasteiger partial charge in [-0.2, -0.15) is 0 Å². The van der Waals surface area contributed by atoms with Crippen molar-refractivity contribution in [3.8, 4) is 5.75 Å². The third kappa shape index (κ3) is 5.23. The van der Waals surface area contributed by atoms with Crippen molar-refractivity contribution in [3.05, 3.63) is 30.3 Å². The first-order valence-corrected chi connectivity index (χ1v) is 9.49. The zero-order valence-electron chi connectivity index (χ0n) is 14.7. The van der Waals surface area contributed by atoms with Gasteiger partial charge in [0.15, 0.2) is 0 Å². The predicted octanol–water partition coefficient (Wildman–Crippen LogP) is 3.18. The SMILES string of the molecule is O=C1CCN(CCOc2ccccc2)CCN1CC1CCCCC1. The topological polar surface area (TPSA) is 32.8 Å². The molecule has 24 heavy (non-hydrogen) atoms. The van der Waals surface area contributed by atoms with Crippen LogP contribution in [0.3, 0.4) is 0 Å². The van der Waals surface area contributed by atoms with E-state index < -0.39 is 0 Å². The fraction of sp³-hybridized carbons (Fsp3) is 0.650. The van der Waals surface area contributed by atoms with Crippen LogP contribution in [0.5, 0.6) is 5.75 Å². The molecule has 2 fully saturated rings. The molecule has 0 atom stereocenters. The Morgan fingerprint density at radius 1 is 1.00 bits per heavy atom. The molecule has 1 saturated carbocycles. The van der Waals surface area contributed by atoms with E-state index in [0.29, 0.717) is 18.9 Å². The number of carbonyl (C=O) groups is 1. The monoisotopic (exact) mass is 330 g/mol. The Balaban J connectivity index is 1.41. The molecule has 0 N–H and O–H groups in total. The molecule has 0 radical (unpaired) electrons. The molecule has 1 aromatic carbocycles. The van der Waals surface area contributed by atoms with E-state index in [1.165, 1.54) is 32.1 Å². The van der Waals surface area contributed by atoms with Gasteiger partial charge in [-0.1, -0.05) is 37.5 Å². The summed E-state index contributed by atoms with van der Waals surface area (Å²) in [5.41, 5.74) is 0. The molecular weight excluding hydrogens is 300 g/mol. The lowest BCUT2D eigenvalue weighted by Crippen LogP contribution is -2.38. The van der Waals surface area contributed by atoms with Gasteiger partial charge in [-0.25, -0.2) is 0 Å². The molecule has 0 unspecified atom stereocenters. The normalized spacial score (nSPS) is 20.8. The van der Waals surface area contributed by atoms with Crippen molar-refractivity contribution in [3.63, 3.8) is 0 Å². The van der Waals surface area contributed by atoms with Crippen LogP contribution in [-0.4, -0.2) is 55.0 Å². The minimum Gasteiger partial charge on any atom is -0.492 e. The van der Waals surface area contributed by atoms with Crippen LogP contribution >= 0.6 is 0 Å². The van der Waals surface area contributed by atoms with Crippen LogP contribution in [0.15, 0.2) is 30.3 Å². The molecule has 4 nitrogen and oxygen atoms in total. The van der Waals surface area contributed by atoms with E-state index in [2.05, 4.69) is 9.80 Å². The lowest BCUT2D eigenvalue weighted by molar-refractivity contribution is -0.131. The van der Waals surface area contributed by atoms with Crippen LogP contribution in [0.25, 0.3) is 0 Å². The summed E-state index contributed by atoms with van der Waals surface area (Å²) in [7, 11) is 0.